The molecule has 0 saturated heterocycles. The maximum atomic E-state index is 12.3. The number of nitriles is 1. The normalized spacial score (nSPS) is 10.9. The Morgan fingerprint density at radius 3 is 2.48 bits per heavy atom. The van der Waals surface area contributed by atoms with E-state index in [0.29, 0.717) is 28.2 Å². The second-order valence-corrected chi connectivity index (χ2v) is 6.54. The minimum atomic E-state index is -0.187. The molecular formula is C23H13N5O. The Morgan fingerprint density at radius 1 is 0.828 bits per heavy atom. The molecule has 6 nitrogen and oxygen atoms in total. The SMILES string of the molecule is N#Cc1ccc2cc(-c3nc4c(=O)cc[nH]c4nc3-c3ccccc3)ccc2n1. The van der Waals surface area contributed by atoms with Crippen LogP contribution >= 0.6 is 0 Å². The molecule has 0 unspecified atom stereocenters. The minimum absolute atomic E-state index is 0.187. The third-order valence-electron chi connectivity index (χ3n) is 4.71. The van der Waals surface area contributed by atoms with Gasteiger partial charge in [-0.25, -0.2) is 15.0 Å². The van der Waals surface area contributed by atoms with Crippen molar-refractivity contribution in [3.8, 4) is 28.6 Å². The van der Waals surface area contributed by atoms with Crippen LogP contribution in [0.2, 0.25) is 0 Å². The molecule has 3 heterocycles. The van der Waals surface area contributed by atoms with Crippen LogP contribution in [0.15, 0.2) is 77.7 Å². The summed E-state index contributed by atoms with van der Waals surface area (Å²) in [6, 6.07) is 22.4. The summed E-state index contributed by atoms with van der Waals surface area (Å²) in [4.78, 5) is 29.1. The number of nitrogens with one attached hydrogen (secondary N) is 1. The average Bonchev–Trinajstić information content (AvgIpc) is 2.78. The number of fused-ring (bicyclic) bond motifs is 2. The molecule has 0 radical (unpaired) electrons. The molecule has 5 rings (SSSR count). The lowest BCUT2D eigenvalue weighted by Gasteiger charge is -2.11. The first-order chi connectivity index (χ1) is 14.2. The summed E-state index contributed by atoms with van der Waals surface area (Å²) in [5, 5.41) is 9.93. The molecule has 0 amide bonds. The Morgan fingerprint density at radius 2 is 1.66 bits per heavy atom. The predicted octanol–water partition coefficient (Wildman–Crippen LogP) is 4.07. The van der Waals surface area contributed by atoms with Crippen molar-refractivity contribution in [1.29, 1.82) is 5.26 Å². The summed E-state index contributed by atoms with van der Waals surface area (Å²) in [5.74, 6) is 0. The van der Waals surface area contributed by atoms with Gasteiger partial charge in [0, 0.05) is 28.8 Å². The van der Waals surface area contributed by atoms with Crippen molar-refractivity contribution >= 4 is 22.1 Å². The van der Waals surface area contributed by atoms with Gasteiger partial charge in [-0.2, -0.15) is 5.26 Å². The smallest absolute Gasteiger partial charge is 0.209 e. The zero-order chi connectivity index (χ0) is 19.8. The quantitative estimate of drug-likeness (QED) is 0.502. The summed E-state index contributed by atoms with van der Waals surface area (Å²) in [7, 11) is 0. The molecule has 1 N–H and O–H groups in total. The van der Waals surface area contributed by atoms with Gasteiger partial charge in [0.15, 0.2) is 11.2 Å². The summed E-state index contributed by atoms with van der Waals surface area (Å²) in [6.07, 6.45) is 1.57. The monoisotopic (exact) mass is 375 g/mol. The third-order valence-corrected chi connectivity index (χ3v) is 4.71. The first kappa shape index (κ1) is 16.8. The van der Waals surface area contributed by atoms with E-state index in [9.17, 15) is 4.79 Å². The van der Waals surface area contributed by atoms with E-state index in [1.807, 2.05) is 54.6 Å². The molecule has 0 fully saturated rings. The number of H-pyrrole nitrogens is 1. The standard InChI is InChI=1S/C23H13N5O/c24-13-17-8-6-15-12-16(7-9-18(15)26-17)21-20(14-4-2-1-3-5-14)28-23-22(27-21)19(29)10-11-25-23/h1-12H,(H,25,28,29). The maximum Gasteiger partial charge on any atom is 0.209 e. The average molecular weight is 375 g/mol. The van der Waals surface area contributed by atoms with Crippen LogP contribution in [-0.2, 0) is 0 Å². The number of aromatic amines is 1. The van der Waals surface area contributed by atoms with Crippen molar-refractivity contribution in [2.75, 3.05) is 0 Å². The maximum absolute atomic E-state index is 12.3. The Hall–Kier alpha value is -4.37. The van der Waals surface area contributed by atoms with E-state index in [4.69, 9.17) is 10.2 Å². The summed E-state index contributed by atoms with van der Waals surface area (Å²) >= 11 is 0. The zero-order valence-electron chi connectivity index (χ0n) is 15.1. The molecule has 3 aromatic heterocycles. The van der Waals surface area contributed by atoms with E-state index in [1.165, 1.54) is 6.07 Å². The van der Waals surface area contributed by atoms with Gasteiger partial charge in [0.05, 0.1) is 16.9 Å². The highest BCUT2D eigenvalue weighted by Gasteiger charge is 2.15. The van der Waals surface area contributed by atoms with E-state index >= 15 is 0 Å². The van der Waals surface area contributed by atoms with Gasteiger partial charge < -0.3 is 4.98 Å². The Labute approximate surface area is 165 Å². The number of nitrogens with zero attached hydrogens (tertiary/aromatic N) is 4. The summed E-state index contributed by atoms with van der Waals surface area (Å²) in [5.41, 5.74) is 4.66. The Balaban J connectivity index is 1.81. The summed E-state index contributed by atoms with van der Waals surface area (Å²) in [6.45, 7) is 0. The number of hydrogen-bond donors (Lipinski definition) is 1. The van der Waals surface area contributed by atoms with Gasteiger partial charge in [-0.05, 0) is 24.3 Å². The number of rotatable bonds is 2. The molecule has 136 valence electrons. The molecule has 0 aliphatic carbocycles. The molecule has 2 aromatic carbocycles. The van der Waals surface area contributed by atoms with Gasteiger partial charge in [0.2, 0.25) is 5.43 Å². The van der Waals surface area contributed by atoms with Crippen LogP contribution in [0, 0.1) is 11.3 Å². The fourth-order valence-electron chi connectivity index (χ4n) is 3.32. The second kappa shape index (κ2) is 6.66. The van der Waals surface area contributed by atoms with E-state index < -0.39 is 0 Å². The van der Waals surface area contributed by atoms with Gasteiger partial charge in [0.25, 0.3) is 0 Å². The van der Waals surface area contributed by atoms with Gasteiger partial charge in [-0.1, -0.05) is 36.4 Å². The lowest BCUT2D eigenvalue weighted by Crippen LogP contribution is -2.06. The number of aromatic nitrogens is 4. The zero-order valence-corrected chi connectivity index (χ0v) is 15.1. The highest BCUT2D eigenvalue weighted by Crippen LogP contribution is 2.31. The van der Waals surface area contributed by atoms with Gasteiger partial charge in [-0.3, -0.25) is 4.79 Å². The first-order valence-electron chi connectivity index (χ1n) is 8.99. The van der Waals surface area contributed by atoms with Crippen LogP contribution in [-0.4, -0.2) is 19.9 Å². The molecular weight excluding hydrogens is 362 g/mol. The van der Waals surface area contributed by atoms with Crippen LogP contribution in [0.3, 0.4) is 0 Å². The van der Waals surface area contributed by atoms with Crippen LogP contribution in [0.4, 0.5) is 0 Å². The van der Waals surface area contributed by atoms with Crippen LogP contribution in [0.25, 0.3) is 44.6 Å². The second-order valence-electron chi connectivity index (χ2n) is 6.54. The van der Waals surface area contributed by atoms with Gasteiger partial charge in [-0.15, -0.1) is 0 Å². The van der Waals surface area contributed by atoms with Crippen LogP contribution < -0.4 is 5.43 Å². The fraction of sp³-hybridized carbons (Fsp3) is 0. The Kier molecular flexibility index (Phi) is 3.85. The van der Waals surface area contributed by atoms with E-state index in [-0.39, 0.29) is 5.43 Å². The lowest BCUT2D eigenvalue weighted by molar-refractivity contribution is 1.22. The number of benzene rings is 2. The highest BCUT2D eigenvalue weighted by atomic mass is 16.1. The Bertz CT molecular complexity index is 1480. The van der Waals surface area contributed by atoms with Crippen molar-refractivity contribution in [2.24, 2.45) is 0 Å². The summed E-state index contributed by atoms with van der Waals surface area (Å²) < 4.78 is 0. The molecule has 5 aromatic rings. The number of pyridine rings is 2. The largest absolute Gasteiger partial charge is 0.345 e. The predicted molar refractivity (Wildman–Crippen MR) is 111 cm³/mol. The number of hydrogen-bond acceptors (Lipinski definition) is 5. The highest BCUT2D eigenvalue weighted by molar-refractivity contribution is 5.89. The molecule has 29 heavy (non-hydrogen) atoms. The minimum Gasteiger partial charge on any atom is -0.345 e. The van der Waals surface area contributed by atoms with Crippen molar-refractivity contribution < 1.29 is 0 Å². The fourth-order valence-corrected chi connectivity index (χ4v) is 3.32. The van der Waals surface area contributed by atoms with Crippen molar-refractivity contribution in [2.45, 2.75) is 0 Å². The third kappa shape index (κ3) is 2.91. The molecule has 0 saturated carbocycles. The van der Waals surface area contributed by atoms with E-state index in [2.05, 4.69) is 21.0 Å². The topological polar surface area (TPSA) is 95.3 Å². The molecule has 0 aliphatic heterocycles. The van der Waals surface area contributed by atoms with Gasteiger partial charge in [0.1, 0.15) is 11.8 Å². The van der Waals surface area contributed by atoms with Gasteiger partial charge >= 0.3 is 0 Å². The first-order valence-corrected chi connectivity index (χ1v) is 8.99. The molecule has 0 atom stereocenters. The molecule has 0 spiro atoms. The molecule has 6 heteroatoms. The van der Waals surface area contributed by atoms with Crippen LogP contribution in [0.5, 0.6) is 0 Å². The van der Waals surface area contributed by atoms with E-state index in [1.54, 1.807) is 12.3 Å². The van der Waals surface area contributed by atoms with Crippen molar-refractivity contribution in [1.82, 2.24) is 19.9 Å². The van der Waals surface area contributed by atoms with Crippen LogP contribution in [0.1, 0.15) is 5.69 Å². The lowest BCUT2D eigenvalue weighted by atomic mass is 10.0. The van der Waals surface area contributed by atoms with Crippen molar-refractivity contribution in [3.63, 3.8) is 0 Å². The molecule has 0 bridgehead atoms. The van der Waals surface area contributed by atoms with E-state index in [0.717, 1.165) is 22.0 Å². The van der Waals surface area contributed by atoms with Crippen molar-refractivity contribution in [3.05, 3.63) is 88.8 Å². The molecule has 0 aliphatic rings.